The Kier molecular flexibility index (Phi) is 3.86. The van der Waals surface area contributed by atoms with Gasteiger partial charge in [-0.15, -0.1) is 0 Å². The number of benzene rings is 1. The van der Waals surface area contributed by atoms with Gasteiger partial charge >= 0.3 is 0 Å². The highest BCUT2D eigenvalue weighted by molar-refractivity contribution is 9.10. The van der Waals surface area contributed by atoms with Gasteiger partial charge in [-0.2, -0.15) is 0 Å². The maximum atomic E-state index is 13.2. The van der Waals surface area contributed by atoms with Crippen molar-refractivity contribution in [2.45, 2.75) is 6.04 Å². The molecule has 4 heteroatoms. The number of nitrogens with zero attached hydrogens (tertiary/aromatic N) is 1. The summed E-state index contributed by atoms with van der Waals surface area (Å²) in [6.07, 6.45) is 3.50. The van der Waals surface area contributed by atoms with Crippen LogP contribution in [0.2, 0.25) is 0 Å². The van der Waals surface area contributed by atoms with Gasteiger partial charge in [0.25, 0.3) is 0 Å². The predicted molar refractivity (Wildman–Crippen MR) is 69.2 cm³/mol. The van der Waals surface area contributed by atoms with Crippen molar-refractivity contribution >= 4 is 15.9 Å². The van der Waals surface area contributed by atoms with Crippen molar-refractivity contribution in [2.24, 2.45) is 0 Å². The summed E-state index contributed by atoms with van der Waals surface area (Å²) in [7, 11) is 1.84. The van der Waals surface area contributed by atoms with Crippen molar-refractivity contribution in [1.29, 1.82) is 0 Å². The van der Waals surface area contributed by atoms with Gasteiger partial charge in [-0.25, -0.2) is 4.39 Å². The van der Waals surface area contributed by atoms with Crippen LogP contribution >= 0.6 is 15.9 Å². The lowest BCUT2D eigenvalue weighted by Gasteiger charge is -2.17. The van der Waals surface area contributed by atoms with Crippen LogP contribution < -0.4 is 5.32 Å². The number of rotatable bonds is 3. The van der Waals surface area contributed by atoms with E-state index in [2.05, 4.69) is 26.2 Å². The van der Waals surface area contributed by atoms with Crippen molar-refractivity contribution < 1.29 is 4.39 Å². The minimum atomic E-state index is -0.231. The van der Waals surface area contributed by atoms with E-state index in [-0.39, 0.29) is 11.9 Å². The standard InChI is InChI=1S/C13H12BrFN2/c1-16-13(9-3-2-4-12(15)6-9)10-5-11(14)8-17-7-10/h2-8,13,16H,1H3. The number of hydrogen-bond acceptors (Lipinski definition) is 2. The van der Waals surface area contributed by atoms with E-state index in [4.69, 9.17) is 0 Å². The molecule has 88 valence electrons. The molecule has 0 spiro atoms. The molecule has 17 heavy (non-hydrogen) atoms. The fourth-order valence-electron chi connectivity index (χ4n) is 1.80. The number of hydrogen-bond donors (Lipinski definition) is 1. The van der Waals surface area contributed by atoms with Crippen molar-refractivity contribution in [1.82, 2.24) is 10.3 Å². The third kappa shape index (κ3) is 2.90. The molecular formula is C13H12BrFN2. The minimum absolute atomic E-state index is 0.0595. The number of nitrogens with one attached hydrogen (secondary N) is 1. The van der Waals surface area contributed by atoms with Gasteiger partial charge in [0, 0.05) is 16.9 Å². The van der Waals surface area contributed by atoms with E-state index >= 15 is 0 Å². The first-order chi connectivity index (χ1) is 8.20. The number of aromatic nitrogens is 1. The Morgan fingerprint density at radius 1 is 1.24 bits per heavy atom. The Hall–Kier alpha value is -1.26. The molecule has 2 rings (SSSR count). The maximum Gasteiger partial charge on any atom is 0.123 e. The lowest BCUT2D eigenvalue weighted by atomic mass is 10.0. The van der Waals surface area contributed by atoms with Crippen molar-refractivity contribution in [3.63, 3.8) is 0 Å². The van der Waals surface area contributed by atoms with Crippen LogP contribution in [0.1, 0.15) is 17.2 Å². The minimum Gasteiger partial charge on any atom is -0.309 e. The fourth-order valence-corrected chi connectivity index (χ4v) is 2.18. The van der Waals surface area contributed by atoms with Gasteiger partial charge in [-0.1, -0.05) is 12.1 Å². The molecule has 0 saturated heterocycles. The molecule has 1 heterocycles. The molecule has 0 aliphatic heterocycles. The van der Waals surface area contributed by atoms with Gasteiger partial charge in [0.1, 0.15) is 5.82 Å². The highest BCUT2D eigenvalue weighted by Crippen LogP contribution is 2.23. The molecule has 0 saturated carbocycles. The van der Waals surface area contributed by atoms with Crippen LogP contribution in [0, 0.1) is 5.82 Å². The van der Waals surface area contributed by atoms with Crippen LogP contribution in [-0.4, -0.2) is 12.0 Å². The second-order valence-electron chi connectivity index (χ2n) is 3.71. The van der Waals surface area contributed by atoms with E-state index in [0.717, 1.165) is 15.6 Å². The molecule has 1 aromatic carbocycles. The molecule has 1 N–H and O–H groups in total. The van der Waals surface area contributed by atoms with E-state index in [1.54, 1.807) is 18.5 Å². The third-order valence-corrected chi connectivity index (χ3v) is 2.96. The summed E-state index contributed by atoms with van der Waals surface area (Å²) in [4.78, 5) is 4.12. The van der Waals surface area contributed by atoms with Gasteiger partial charge in [-0.3, -0.25) is 4.98 Å². The zero-order chi connectivity index (χ0) is 12.3. The highest BCUT2D eigenvalue weighted by atomic mass is 79.9. The first-order valence-electron chi connectivity index (χ1n) is 5.24. The first-order valence-corrected chi connectivity index (χ1v) is 6.03. The molecule has 0 aliphatic carbocycles. The van der Waals surface area contributed by atoms with Crippen molar-refractivity contribution in [3.05, 3.63) is 64.1 Å². The maximum absolute atomic E-state index is 13.2. The second kappa shape index (κ2) is 5.38. The van der Waals surface area contributed by atoms with Crippen LogP contribution in [0.5, 0.6) is 0 Å². The molecule has 0 amide bonds. The highest BCUT2D eigenvalue weighted by Gasteiger charge is 2.12. The quantitative estimate of drug-likeness (QED) is 0.940. The molecule has 0 fully saturated rings. The number of pyridine rings is 1. The van der Waals surface area contributed by atoms with Crippen LogP contribution in [-0.2, 0) is 0 Å². The summed E-state index contributed by atoms with van der Waals surface area (Å²) >= 11 is 3.38. The van der Waals surface area contributed by atoms with Crippen LogP contribution in [0.4, 0.5) is 4.39 Å². The average molecular weight is 295 g/mol. The van der Waals surface area contributed by atoms with E-state index in [9.17, 15) is 4.39 Å². The normalized spacial score (nSPS) is 12.4. The molecular weight excluding hydrogens is 283 g/mol. The smallest absolute Gasteiger partial charge is 0.123 e. The van der Waals surface area contributed by atoms with Crippen LogP contribution in [0.25, 0.3) is 0 Å². The SMILES string of the molecule is CNC(c1cccc(F)c1)c1cncc(Br)c1. The Morgan fingerprint density at radius 2 is 2.06 bits per heavy atom. The molecule has 2 aromatic rings. The zero-order valence-corrected chi connectivity index (χ0v) is 10.9. The summed E-state index contributed by atoms with van der Waals surface area (Å²) in [5.41, 5.74) is 1.87. The van der Waals surface area contributed by atoms with Crippen LogP contribution in [0.3, 0.4) is 0 Å². The monoisotopic (exact) mass is 294 g/mol. The molecule has 1 aromatic heterocycles. The van der Waals surface area contributed by atoms with E-state index in [1.165, 1.54) is 12.1 Å². The Balaban J connectivity index is 2.40. The first kappa shape index (κ1) is 12.2. The lowest BCUT2D eigenvalue weighted by molar-refractivity contribution is 0.616. The van der Waals surface area contributed by atoms with Gasteiger partial charge in [0.2, 0.25) is 0 Å². The Bertz CT molecular complexity index is 471. The predicted octanol–water partition coefficient (Wildman–Crippen LogP) is 3.29. The van der Waals surface area contributed by atoms with Crippen LogP contribution in [0.15, 0.2) is 47.2 Å². The summed E-state index contributed by atoms with van der Waals surface area (Å²) in [6, 6.07) is 8.48. The summed E-state index contributed by atoms with van der Waals surface area (Å²) < 4.78 is 14.1. The average Bonchev–Trinajstić information content (AvgIpc) is 2.30. The summed E-state index contributed by atoms with van der Waals surface area (Å²) in [6.45, 7) is 0. The van der Waals surface area contributed by atoms with Gasteiger partial charge in [-0.05, 0) is 52.3 Å². The van der Waals surface area contributed by atoms with Gasteiger partial charge in [0.05, 0.1) is 6.04 Å². The summed E-state index contributed by atoms with van der Waals surface area (Å²) in [5.74, 6) is -0.231. The van der Waals surface area contributed by atoms with E-state index in [0.29, 0.717) is 0 Å². The van der Waals surface area contributed by atoms with Crippen molar-refractivity contribution in [3.8, 4) is 0 Å². The topological polar surface area (TPSA) is 24.9 Å². The molecule has 0 aliphatic rings. The third-order valence-electron chi connectivity index (χ3n) is 2.53. The lowest BCUT2D eigenvalue weighted by Crippen LogP contribution is -2.18. The molecule has 0 radical (unpaired) electrons. The van der Waals surface area contributed by atoms with Gasteiger partial charge in [0.15, 0.2) is 0 Å². The fraction of sp³-hybridized carbons (Fsp3) is 0.154. The summed E-state index contributed by atoms with van der Waals surface area (Å²) in [5, 5.41) is 3.16. The van der Waals surface area contributed by atoms with E-state index < -0.39 is 0 Å². The van der Waals surface area contributed by atoms with Gasteiger partial charge < -0.3 is 5.32 Å². The van der Waals surface area contributed by atoms with Crippen molar-refractivity contribution in [2.75, 3.05) is 7.05 Å². The Labute approximate surface area is 108 Å². The molecule has 1 unspecified atom stereocenters. The van der Waals surface area contributed by atoms with E-state index in [1.807, 2.05) is 19.2 Å². The molecule has 0 bridgehead atoms. The zero-order valence-electron chi connectivity index (χ0n) is 9.32. The number of halogens is 2. The second-order valence-corrected chi connectivity index (χ2v) is 4.63. The Morgan fingerprint density at radius 3 is 2.71 bits per heavy atom. The largest absolute Gasteiger partial charge is 0.309 e. The molecule has 1 atom stereocenters. The molecule has 2 nitrogen and oxygen atoms in total.